The third-order valence-electron chi connectivity index (χ3n) is 2.18. The molecule has 1 aromatic heterocycles. The Labute approximate surface area is 116 Å². The fourth-order valence-corrected chi connectivity index (χ4v) is 1.61. The maximum Gasteiger partial charge on any atom is 0.278 e. The van der Waals surface area contributed by atoms with Crippen LogP contribution < -0.4 is 16.0 Å². The molecule has 0 radical (unpaired) electrons. The van der Waals surface area contributed by atoms with Crippen molar-refractivity contribution in [3.8, 4) is 11.6 Å². The Kier molecular flexibility index (Phi) is 3.93. The lowest BCUT2D eigenvalue weighted by molar-refractivity contribution is -0.384. The number of benzene rings is 1. The summed E-state index contributed by atoms with van der Waals surface area (Å²) in [5.41, 5.74) is 2.10. The van der Waals surface area contributed by atoms with E-state index in [-0.39, 0.29) is 17.4 Å². The topological polar surface area (TPSA) is 103 Å². The minimum absolute atomic E-state index is 0.0875. The Bertz CT molecular complexity index is 603. The second-order valence-corrected chi connectivity index (χ2v) is 4.42. The molecule has 1 heterocycles. The van der Waals surface area contributed by atoms with Gasteiger partial charge in [-0.05, 0) is 24.3 Å². The number of rotatable bonds is 4. The number of hydrazine groups is 1. The van der Waals surface area contributed by atoms with Gasteiger partial charge < -0.3 is 10.2 Å². The van der Waals surface area contributed by atoms with Crippen molar-refractivity contribution in [2.45, 2.75) is 0 Å². The number of aromatic nitrogens is 1. The summed E-state index contributed by atoms with van der Waals surface area (Å²) in [6.07, 6.45) is 0. The van der Waals surface area contributed by atoms with Gasteiger partial charge in [0.15, 0.2) is 5.82 Å². The molecule has 7 nitrogen and oxygen atoms in total. The summed E-state index contributed by atoms with van der Waals surface area (Å²) in [5.74, 6) is 5.96. The summed E-state index contributed by atoms with van der Waals surface area (Å²) in [6.45, 7) is 0. The number of nitrogen functional groups attached to an aromatic ring is 1. The second-order valence-electron chi connectivity index (χ2n) is 3.51. The lowest BCUT2D eigenvalue weighted by Gasteiger charge is -2.06. The van der Waals surface area contributed by atoms with Crippen molar-refractivity contribution in [3.05, 3.63) is 51.0 Å². The first-order chi connectivity index (χ1) is 9.08. The molecule has 0 bridgehead atoms. The largest absolute Gasteiger partial charge is 0.439 e. The van der Waals surface area contributed by atoms with Crippen molar-refractivity contribution < 1.29 is 9.66 Å². The Hall–Kier alpha value is -2.19. The average Bonchev–Trinajstić information content (AvgIpc) is 2.41. The maximum absolute atomic E-state index is 10.8. The summed E-state index contributed by atoms with van der Waals surface area (Å²) in [5, 5.41) is 10.8. The zero-order valence-electron chi connectivity index (χ0n) is 9.54. The van der Waals surface area contributed by atoms with Gasteiger partial charge >= 0.3 is 0 Å². The number of anilines is 1. The van der Waals surface area contributed by atoms with E-state index in [0.717, 1.165) is 4.47 Å². The second kappa shape index (κ2) is 5.63. The van der Waals surface area contributed by atoms with E-state index in [1.807, 2.05) is 0 Å². The molecule has 0 atom stereocenters. The number of hydrogen-bond donors (Lipinski definition) is 2. The number of hydrogen-bond acceptors (Lipinski definition) is 6. The van der Waals surface area contributed by atoms with Gasteiger partial charge in [-0.2, -0.15) is 4.98 Å². The third-order valence-corrected chi connectivity index (χ3v) is 2.71. The molecule has 1 aromatic carbocycles. The summed E-state index contributed by atoms with van der Waals surface area (Å²) in [6, 6.07) is 9.43. The number of nitrogens with one attached hydrogen (secondary N) is 1. The van der Waals surface area contributed by atoms with Crippen LogP contribution in [0, 0.1) is 10.1 Å². The van der Waals surface area contributed by atoms with Crippen molar-refractivity contribution >= 4 is 27.4 Å². The van der Waals surface area contributed by atoms with Crippen molar-refractivity contribution in [1.29, 1.82) is 0 Å². The zero-order chi connectivity index (χ0) is 13.8. The third kappa shape index (κ3) is 3.39. The van der Waals surface area contributed by atoms with Crippen LogP contribution in [0.1, 0.15) is 0 Å². The Morgan fingerprint density at radius 3 is 2.58 bits per heavy atom. The number of nitro groups is 1. The van der Waals surface area contributed by atoms with Gasteiger partial charge in [0, 0.05) is 4.47 Å². The number of nitrogens with zero attached hydrogens (tertiary/aromatic N) is 2. The Balaban J connectivity index is 2.31. The van der Waals surface area contributed by atoms with Gasteiger partial charge in [-0.1, -0.05) is 15.9 Å². The van der Waals surface area contributed by atoms with Crippen molar-refractivity contribution in [3.63, 3.8) is 0 Å². The standard InChI is InChI=1S/C11H9BrN4O3/c12-7-1-3-9(4-2-7)19-11-6-8(16(17)18)5-10(14-11)15-13/h1-6H,13H2,(H,14,15). The smallest absolute Gasteiger partial charge is 0.278 e. The van der Waals surface area contributed by atoms with Gasteiger partial charge in [-0.25, -0.2) is 5.84 Å². The Morgan fingerprint density at radius 2 is 2.00 bits per heavy atom. The van der Waals surface area contributed by atoms with E-state index in [1.165, 1.54) is 12.1 Å². The highest BCUT2D eigenvalue weighted by Crippen LogP contribution is 2.26. The molecular formula is C11H9BrN4O3. The SMILES string of the molecule is NNc1cc([N+](=O)[O-])cc(Oc2ccc(Br)cc2)n1. The number of ether oxygens (including phenoxy) is 1. The van der Waals surface area contributed by atoms with Crippen LogP contribution in [0.5, 0.6) is 11.6 Å². The van der Waals surface area contributed by atoms with Gasteiger partial charge in [0.1, 0.15) is 5.75 Å². The molecule has 0 spiro atoms. The molecule has 2 aromatic rings. The van der Waals surface area contributed by atoms with Crippen LogP contribution in [0.15, 0.2) is 40.9 Å². The van der Waals surface area contributed by atoms with Crippen molar-refractivity contribution in [2.75, 3.05) is 5.43 Å². The zero-order valence-corrected chi connectivity index (χ0v) is 11.1. The molecule has 2 rings (SSSR count). The average molecular weight is 325 g/mol. The van der Waals surface area contributed by atoms with E-state index in [9.17, 15) is 10.1 Å². The van der Waals surface area contributed by atoms with Gasteiger partial charge in [0.2, 0.25) is 5.88 Å². The van der Waals surface area contributed by atoms with Crippen LogP contribution in [0.25, 0.3) is 0 Å². The first-order valence-corrected chi connectivity index (χ1v) is 5.94. The van der Waals surface area contributed by atoms with Crippen molar-refractivity contribution in [2.24, 2.45) is 5.84 Å². The first-order valence-electron chi connectivity index (χ1n) is 5.15. The van der Waals surface area contributed by atoms with Gasteiger partial charge in [-0.15, -0.1) is 0 Å². The lowest BCUT2D eigenvalue weighted by Crippen LogP contribution is -2.09. The molecule has 3 N–H and O–H groups in total. The predicted molar refractivity (Wildman–Crippen MR) is 72.9 cm³/mol. The van der Waals surface area contributed by atoms with Crippen LogP contribution in [0.2, 0.25) is 0 Å². The van der Waals surface area contributed by atoms with Crippen LogP contribution in [-0.4, -0.2) is 9.91 Å². The van der Waals surface area contributed by atoms with E-state index in [2.05, 4.69) is 26.3 Å². The normalized spacial score (nSPS) is 10.0. The fourth-order valence-electron chi connectivity index (χ4n) is 1.35. The van der Waals surface area contributed by atoms with Crippen molar-refractivity contribution in [1.82, 2.24) is 4.98 Å². The van der Waals surface area contributed by atoms with E-state index in [0.29, 0.717) is 5.75 Å². The van der Waals surface area contributed by atoms with Crippen LogP contribution in [-0.2, 0) is 0 Å². The molecule has 0 saturated carbocycles. The summed E-state index contributed by atoms with van der Waals surface area (Å²) < 4.78 is 6.33. The number of pyridine rings is 1. The highest BCUT2D eigenvalue weighted by molar-refractivity contribution is 9.10. The van der Waals surface area contributed by atoms with Crippen LogP contribution in [0.4, 0.5) is 11.5 Å². The van der Waals surface area contributed by atoms with Gasteiger partial charge in [0.25, 0.3) is 5.69 Å². The van der Waals surface area contributed by atoms with Crippen LogP contribution in [0.3, 0.4) is 0 Å². The summed E-state index contributed by atoms with van der Waals surface area (Å²) >= 11 is 3.30. The molecule has 0 aliphatic heterocycles. The summed E-state index contributed by atoms with van der Waals surface area (Å²) in [7, 11) is 0. The summed E-state index contributed by atoms with van der Waals surface area (Å²) in [4.78, 5) is 14.2. The minimum atomic E-state index is -0.545. The molecule has 98 valence electrons. The molecular weight excluding hydrogens is 316 g/mol. The van der Waals surface area contributed by atoms with Crippen LogP contribution >= 0.6 is 15.9 Å². The molecule has 0 fully saturated rings. The Morgan fingerprint density at radius 1 is 1.32 bits per heavy atom. The van der Waals surface area contributed by atoms with E-state index >= 15 is 0 Å². The molecule has 0 aliphatic carbocycles. The quantitative estimate of drug-likeness (QED) is 0.509. The molecule has 19 heavy (non-hydrogen) atoms. The molecule has 8 heteroatoms. The number of nitrogens with two attached hydrogens (primary N) is 1. The first kappa shape index (κ1) is 13.2. The molecule has 0 unspecified atom stereocenters. The molecule has 0 saturated heterocycles. The molecule has 0 aliphatic rings. The van der Waals surface area contributed by atoms with Gasteiger partial charge in [0.05, 0.1) is 17.1 Å². The fraction of sp³-hybridized carbons (Fsp3) is 0. The van der Waals surface area contributed by atoms with E-state index in [4.69, 9.17) is 10.6 Å². The maximum atomic E-state index is 10.8. The monoisotopic (exact) mass is 324 g/mol. The number of halogens is 1. The van der Waals surface area contributed by atoms with Gasteiger partial charge in [-0.3, -0.25) is 10.1 Å². The van der Waals surface area contributed by atoms with E-state index in [1.54, 1.807) is 24.3 Å². The lowest BCUT2D eigenvalue weighted by atomic mass is 10.3. The predicted octanol–water partition coefficient (Wildman–Crippen LogP) is 2.83. The highest BCUT2D eigenvalue weighted by Gasteiger charge is 2.12. The molecule has 0 amide bonds. The highest BCUT2D eigenvalue weighted by atomic mass is 79.9. The van der Waals surface area contributed by atoms with E-state index < -0.39 is 4.92 Å². The minimum Gasteiger partial charge on any atom is -0.439 e.